The Hall–Kier alpha value is -1.40. The Bertz CT molecular complexity index is 498. The van der Waals surface area contributed by atoms with E-state index in [0.717, 1.165) is 52.4 Å². The Labute approximate surface area is 118 Å². The van der Waals surface area contributed by atoms with E-state index in [1.165, 1.54) is 0 Å². The third kappa shape index (κ3) is 2.23. The Morgan fingerprint density at radius 2 is 0.900 bits per heavy atom. The molecule has 6 nitrogen and oxygen atoms in total. The van der Waals surface area contributed by atoms with Crippen molar-refractivity contribution in [3.8, 4) is 0 Å². The summed E-state index contributed by atoms with van der Waals surface area (Å²) in [5.41, 5.74) is 0.771. The summed E-state index contributed by atoms with van der Waals surface area (Å²) in [5.74, 6) is 0. The molecule has 0 N–H and O–H groups in total. The number of piperazine rings is 2. The SMILES string of the molecule is CN1CCN(c2c(N3CCN(C)CC3)c(=O)c2=O)CC1. The van der Waals surface area contributed by atoms with E-state index in [1.54, 1.807) is 0 Å². The van der Waals surface area contributed by atoms with Crippen LogP contribution in [-0.4, -0.2) is 76.3 Å². The first-order valence-corrected chi connectivity index (χ1v) is 7.28. The monoisotopic (exact) mass is 278 g/mol. The summed E-state index contributed by atoms with van der Waals surface area (Å²) in [6, 6.07) is 0. The standard InChI is InChI=1S/C14H22N4O2/c1-15-3-7-17(8-4-15)11-12(14(20)13(11)19)18-9-5-16(2)6-10-18/h3-10H2,1-2H3. The van der Waals surface area contributed by atoms with Gasteiger partial charge in [-0.2, -0.15) is 0 Å². The highest BCUT2D eigenvalue weighted by Gasteiger charge is 2.32. The lowest BCUT2D eigenvalue weighted by atomic mass is 10.1. The fourth-order valence-corrected chi connectivity index (χ4v) is 3.01. The number of likely N-dealkylation sites (N-methyl/N-ethyl adjacent to an activating group) is 2. The van der Waals surface area contributed by atoms with Crippen LogP contribution in [0.2, 0.25) is 0 Å². The van der Waals surface area contributed by atoms with Gasteiger partial charge in [-0.3, -0.25) is 9.59 Å². The molecule has 1 aromatic carbocycles. The number of hydrogen-bond donors (Lipinski definition) is 0. The van der Waals surface area contributed by atoms with Crippen LogP contribution < -0.4 is 20.7 Å². The van der Waals surface area contributed by atoms with E-state index in [4.69, 9.17) is 0 Å². The first-order valence-electron chi connectivity index (χ1n) is 7.28. The molecule has 0 atom stereocenters. The molecule has 2 saturated heterocycles. The lowest BCUT2D eigenvalue weighted by Gasteiger charge is -2.39. The zero-order chi connectivity index (χ0) is 14.3. The van der Waals surface area contributed by atoms with Gasteiger partial charge in [-0.25, -0.2) is 0 Å². The molecule has 0 radical (unpaired) electrons. The lowest BCUT2D eigenvalue weighted by molar-refractivity contribution is 0.308. The normalized spacial score (nSPS) is 22.7. The van der Waals surface area contributed by atoms with Crippen LogP contribution in [-0.2, 0) is 0 Å². The summed E-state index contributed by atoms with van der Waals surface area (Å²) in [4.78, 5) is 32.6. The molecule has 0 spiro atoms. The molecule has 2 aliphatic heterocycles. The van der Waals surface area contributed by atoms with Crippen molar-refractivity contribution >= 4 is 11.4 Å². The van der Waals surface area contributed by atoms with Crippen molar-refractivity contribution in [2.24, 2.45) is 0 Å². The molecule has 0 bridgehead atoms. The maximum atomic E-state index is 12.0. The van der Waals surface area contributed by atoms with Gasteiger partial charge in [0.05, 0.1) is 0 Å². The van der Waals surface area contributed by atoms with Crippen LogP contribution in [0.4, 0.5) is 11.4 Å². The third-order valence-electron chi connectivity index (χ3n) is 4.50. The van der Waals surface area contributed by atoms with Crippen molar-refractivity contribution in [3.63, 3.8) is 0 Å². The predicted molar refractivity (Wildman–Crippen MR) is 80.8 cm³/mol. The maximum absolute atomic E-state index is 12.0. The van der Waals surface area contributed by atoms with Crippen molar-refractivity contribution < 1.29 is 0 Å². The molecule has 0 amide bonds. The van der Waals surface area contributed by atoms with Crippen LogP contribution in [0.5, 0.6) is 0 Å². The second-order valence-corrected chi connectivity index (χ2v) is 5.94. The van der Waals surface area contributed by atoms with Crippen molar-refractivity contribution in [2.75, 3.05) is 76.3 Å². The molecule has 1 aromatic rings. The molecule has 3 rings (SSSR count). The Balaban J connectivity index is 1.80. The van der Waals surface area contributed by atoms with Crippen molar-refractivity contribution in [1.29, 1.82) is 0 Å². The summed E-state index contributed by atoms with van der Waals surface area (Å²) in [6.07, 6.45) is 0. The average Bonchev–Trinajstić information content (AvgIpc) is 2.46. The van der Waals surface area contributed by atoms with E-state index in [9.17, 15) is 9.59 Å². The summed E-state index contributed by atoms with van der Waals surface area (Å²) < 4.78 is 0. The van der Waals surface area contributed by atoms with E-state index in [2.05, 4.69) is 33.7 Å². The Morgan fingerprint density at radius 1 is 0.600 bits per heavy atom. The highest BCUT2D eigenvalue weighted by atomic mass is 16.2. The van der Waals surface area contributed by atoms with Gasteiger partial charge in [0.1, 0.15) is 11.4 Å². The minimum absolute atomic E-state index is 0.288. The summed E-state index contributed by atoms with van der Waals surface area (Å²) in [7, 11) is 4.17. The minimum Gasteiger partial charge on any atom is -0.364 e. The van der Waals surface area contributed by atoms with E-state index in [0.29, 0.717) is 11.4 Å². The molecule has 2 aliphatic rings. The molecule has 6 heteroatoms. The number of hydrogen-bond acceptors (Lipinski definition) is 6. The molecule has 0 aliphatic carbocycles. The minimum atomic E-state index is -0.288. The van der Waals surface area contributed by atoms with Crippen molar-refractivity contribution in [2.45, 2.75) is 0 Å². The Kier molecular flexibility index (Phi) is 3.52. The lowest BCUT2D eigenvalue weighted by Crippen LogP contribution is -2.54. The van der Waals surface area contributed by atoms with E-state index in [-0.39, 0.29) is 10.9 Å². The molecule has 2 heterocycles. The highest BCUT2D eigenvalue weighted by molar-refractivity contribution is 5.76. The fraction of sp³-hybridized carbons (Fsp3) is 0.714. The average molecular weight is 278 g/mol. The second kappa shape index (κ2) is 5.18. The highest BCUT2D eigenvalue weighted by Crippen LogP contribution is 2.26. The van der Waals surface area contributed by atoms with E-state index < -0.39 is 0 Å². The predicted octanol–water partition coefficient (Wildman–Crippen LogP) is -1.21. The van der Waals surface area contributed by atoms with Gasteiger partial charge >= 0.3 is 0 Å². The van der Waals surface area contributed by atoms with Crippen molar-refractivity contribution in [3.05, 3.63) is 20.4 Å². The quantitative estimate of drug-likeness (QED) is 0.633. The van der Waals surface area contributed by atoms with Crippen LogP contribution in [0, 0.1) is 0 Å². The van der Waals surface area contributed by atoms with E-state index >= 15 is 0 Å². The first kappa shape index (κ1) is 13.6. The zero-order valence-electron chi connectivity index (χ0n) is 12.3. The second-order valence-electron chi connectivity index (χ2n) is 5.94. The van der Waals surface area contributed by atoms with Gasteiger partial charge in [0.15, 0.2) is 0 Å². The zero-order valence-corrected chi connectivity index (χ0v) is 12.3. The third-order valence-corrected chi connectivity index (χ3v) is 4.50. The van der Waals surface area contributed by atoms with Gasteiger partial charge in [-0.1, -0.05) is 0 Å². The molecule has 0 saturated carbocycles. The van der Waals surface area contributed by atoms with Gasteiger partial charge < -0.3 is 19.6 Å². The van der Waals surface area contributed by atoms with Crippen LogP contribution >= 0.6 is 0 Å². The topological polar surface area (TPSA) is 47.1 Å². The van der Waals surface area contributed by atoms with Crippen LogP contribution in [0.25, 0.3) is 0 Å². The van der Waals surface area contributed by atoms with Gasteiger partial charge in [0, 0.05) is 52.4 Å². The smallest absolute Gasteiger partial charge is 0.253 e. The van der Waals surface area contributed by atoms with Crippen LogP contribution in [0.1, 0.15) is 0 Å². The number of nitrogens with zero attached hydrogens (tertiary/aromatic N) is 4. The molecular formula is C14H22N4O2. The van der Waals surface area contributed by atoms with Crippen LogP contribution in [0.3, 0.4) is 0 Å². The largest absolute Gasteiger partial charge is 0.364 e. The summed E-state index contributed by atoms with van der Waals surface area (Å²) in [5, 5.41) is 0. The molecule has 2 fully saturated rings. The van der Waals surface area contributed by atoms with Gasteiger partial charge in [-0.05, 0) is 14.1 Å². The number of rotatable bonds is 2. The molecule has 0 unspecified atom stereocenters. The number of anilines is 2. The Morgan fingerprint density at radius 3 is 1.20 bits per heavy atom. The fourth-order valence-electron chi connectivity index (χ4n) is 3.01. The first-order chi connectivity index (χ1) is 9.58. The summed E-state index contributed by atoms with van der Waals surface area (Å²) >= 11 is 0. The molecule has 20 heavy (non-hydrogen) atoms. The van der Waals surface area contributed by atoms with Gasteiger partial charge in [-0.15, -0.1) is 0 Å². The van der Waals surface area contributed by atoms with Gasteiger partial charge in [0.25, 0.3) is 10.9 Å². The molecule has 0 aromatic heterocycles. The maximum Gasteiger partial charge on any atom is 0.253 e. The molecular weight excluding hydrogens is 256 g/mol. The molecule has 110 valence electrons. The summed E-state index contributed by atoms with van der Waals surface area (Å²) in [6.45, 7) is 7.12. The van der Waals surface area contributed by atoms with Crippen molar-refractivity contribution in [1.82, 2.24) is 9.80 Å². The van der Waals surface area contributed by atoms with Gasteiger partial charge in [0.2, 0.25) is 0 Å². The van der Waals surface area contributed by atoms with Crippen LogP contribution in [0.15, 0.2) is 9.59 Å². The van der Waals surface area contributed by atoms with E-state index in [1.807, 2.05) is 0 Å².